The quantitative estimate of drug-likeness (QED) is 0.632. The Labute approximate surface area is 203 Å². The molecule has 2 fully saturated rings. The second kappa shape index (κ2) is 12.0. The van der Waals surface area contributed by atoms with Gasteiger partial charge in [0.15, 0.2) is 0 Å². The van der Waals surface area contributed by atoms with Gasteiger partial charge in [0, 0.05) is 26.2 Å². The topological polar surface area (TPSA) is 52.8 Å². The summed E-state index contributed by atoms with van der Waals surface area (Å²) in [6.45, 7) is 5.14. The fourth-order valence-electron chi connectivity index (χ4n) is 4.67. The average molecular weight is 500 g/mol. The van der Waals surface area contributed by atoms with E-state index in [4.69, 9.17) is 28.9 Å². The number of anilines is 1. The zero-order valence-corrected chi connectivity index (χ0v) is 20.9. The lowest BCUT2D eigenvalue weighted by molar-refractivity contribution is -0.131. The van der Waals surface area contributed by atoms with Gasteiger partial charge >= 0.3 is 0 Å². The standard InChI is InChI=1S/C21H32Cl2N4O.2ClH/c1-25(2)21(20(24)28)9-6-16(7-10-21)8-11-26-12-14-27(15-13-26)18-5-3-4-17(22)19(18)23;;/h3-5,16H,6-15H2,1-2H3,(H2,24,28);2*1H. The molecule has 2 aliphatic rings. The molecule has 0 bridgehead atoms. The molecule has 172 valence electrons. The van der Waals surface area contributed by atoms with Gasteiger partial charge in [-0.25, -0.2) is 0 Å². The van der Waals surface area contributed by atoms with E-state index in [-0.39, 0.29) is 30.7 Å². The highest BCUT2D eigenvalue weighted by atomic mass is 35.5. The van der Waals surface area contributed by atoms with Gasteiger partial charge in [-0.2, -0.15) is 0 Å². The van der Waals surface area contributed by atoms with E-state index < -0.39 is 5.54 Å². The van der Waals surface area contributed by atoms with Crippen molar-refractivity contribution in [3.05, 3.63) is 28.2 Å². The third kappa shape index (κ3) is 6.08. The van der Waals surface area contributed by atoms with Crippen molar-refractivity contribution in [3.8, 4) is 0 Å². The monoisotopic (exact) mass is 498 g/mol. The number of nitrogens with two attached hydrogens (primary N) is 1. The number of halogens is 4. The summed E-state index contributed by atoms with van der Waals surface area (Å²) in [6.07, 6.45) is 5.11. The second-order valence-corrected chi connectivity index (χ2v) is 9.21. The first-order chi connectivity index (χ1) is 13.3. The Morgan fingerprint density at radius 3 is 2.27 bits per heavy atom. The number of rotatable bonds is 6. The van der Waals surface area contributed by atoms with Gasteiger partial charge in [-0.15, -0.1) is 24.8 Å². The minimum absolute atomic E-state index is 0. The molecule has 1 heterocycles. The predicted molar refractivity (Wildman–Crippen MR) is 132 cm³/mol. The smallest absolute Gasteiger partial charge is 0.237 e. The largest absolute Gasteiger partial charge is 0.368 e. The van der Waals surface area contributed by atoms with Crippen LogP contribution >= 0.6 is 48.0 Å². The molecule has 0 radical (unpaired) electrons. The Morgan fingerprint density at radius 1 is 1.13 bits per heavy atom. The van der Waals surface area contributed by atoms with Crippen molar-refractivity contribution in [1.29, 1.82) is 0 Å². The lowest BCUT2D eigenvalue weighted by Gasteiger charge is -2.43. The molecule has 1 saturated carbocycles. The van der Waals surface area contributed by atoms with Crippen molar-refractivity contribution >= 4 is 59.6 Å². The molecule has 1 aromatic rings. The number of hydrogen-bond donors (Lipinski definition) is 1. The number of carbonyl (C=O) groups is 1. The molecule has 2 N–H and O–H groups in total. The fraction of sp³-hybridized carbons (Fsp3) is 0.667. The highest BCUT2D eigenvalue weighted by molar-refractivity contribution is 6.43. The number of primary amides is 1. The first-order valence-corrected chi connectivity index (χ1v) is 11.0. The maximum atomic E-state index is 12.0. The van der Waals surface area contributed by atoms with Gasteiger partial charge in [0.2, 0.25) is 5.91 Å². The number of amides is 1. The van der Waals surface area contributed by atoms with Crippen LogP contribution in [0.4, 0.5) is 5.69 Å². The zero-order chi connectivity index (χ0) is 20.3. The summed E-state index contributed by atoms with van der Waals surface area (Å²) < 4.78 is 0. The van der Waals surface area contributed by atoms with Gasteiger partial charge in [-0.1, -0.05) is 29.3 Å². The number of likely N-dealkylation sites (N-methyl/N-ethyl adjacent to an activating group) is 1. The van der Waals surface area contributed by atoms with Crippen LogP contribution in [-0.4, -0.2) is 68.1 Å². The molecular weight excluding hydrogens is 466 g/mol. The molecular formula is C21H34Cl4N4O. The van der Waals surface area contributed by atoms with E-state index in [1.54, 1.807) is 0 Å². The molecule has 1 aliphatic heterocycles. The first-order valence-electron chi connectivity index (χ1n) is 10.2. The van der Waals surface area contributed by atoms with Crippen LogP contribution in [0.25, 0.3) is 0 Å². The molecule has 30 heavy (non-hydrogen) atoms. The summed E-state index contributed by atoms with van der Waals surface area (Å²) in [4.78, 5) is 18.9. The van der Waals surface area contributed by atoms with Crippen LogP contribution < -0.4 is 10.6 Å². The summed E-state index contributed by atoms with van der Waals surface area (Å²) in [5.41, 5.74) is 6.30. The molecule has 1 saturated heterocycles. The van der Waals surface area contributed by atoms with Crippen molar-refractivity contribution in [3.63, 3.8) is 0 Å². The number of carbonyl (C=O) groups excluding carboxylic acids is 1. The summed E-state index contributed by atoms with van der Waals surface area (Å²) >= 11 is 12.5. The Kier molecular flexibility index (Phi) is 11.0. The lowest BCUT2D eigenvalue weighted by Crippen LogP contribution is -2.56. The summed E-state index contributed by atoms with van der Waals surface area (Å²) in [5, 5.41) is 1.27. The maximum Gasteiger partial charge on any atom is 0.237 e. The zero-order valence-electron chi connectivity index (χ0n) is 17.8. The average Bonchev–Trinajstić information content (AvgIpc) is 2.69. The van der Waals surface area contributed by atoms with Crippen LogP contribution in [0.1, 0.15) is 32.1 Å². The molecule has 0 unspecified atom stereocenters. The van der Waals surface area contributed by atoms with Gasteiger partial charge in [-0.05, 0) is 70.8 Å². The molecule has 5 nitrogen and oxygen atoms in total. The molecule has 3 rings (SSSR count). The minimum atomic E-state index is -0.446. The van der Waals surface area contributed by atoms with Gasteiger partial charge in [0.1, 0.15) is 0 Å². The fourth-order valence-corrected chi connectivity index (χ4v) is 5.09. The summed E-state index contributed by atoms with van der Waals surface area (Å²) in [7, 11) is 3.94. The van der Waals surface area contributed by atoms with E-state index in [0.29, 0.717) is 16.0 Å². The third-order valence-corrected chi connectivity index (χ3v) is 7.55. The number of piperazine rings is 1. The van der Waals surface area contributed by atoms with Gasteiger partial charge in [0.05, 0.1) is 21.3 Å². The molecule has 1 aromatic carbocycles. The number of hydrogen-bond acceptors (Lipinski definition) is 4. The van der Waals surface area contributed by atoms with Crippen LogP contribution in [-0.2, 0) is 4.79 Å². The summed E-state index contributed by atoms with van der Waals surface area (Å²) in [6, 6.07) is 5.83. The second-order valence-electron chi connectivity index (χ2n) is 8.42. The van der Waals surface area contributed by atoms with E-state index in [2.05, 4.69) is 9.80 Å². The molecule has 0 atom stereocenters. The highest BCUT2D eigenvalue weighted by Gasteiger charge is 2.42. The minimum Gasteiger partial charge on any atom is -0.368 e. The Hall–Kier alpha value is -0.430. The van der Waals surface area contributed by atoms with Gasteiger partial charge in [-0.3, -0.25) is 14.6 Å². The van der Waals surface area contributed by atoms with Crippen LogP contribution in [0, 0.1) is 5.92 Å². The highest BCUT2D eigenvalue weighted by Crippen LogP contribution is 2.37. The van der Waals surface area contributed by atoms with Crippen LogP contribution in [0.3, 0.4) is 0 Å². The van der Waals surface area contributed by atoms with Crippen molar-refractivity contribution in [2.24, 2.45) is 11.7 Å². The van der Waals surface area contributed by atoms with E-state index in [1.165, 1.54) is 6.42 Å². The first kappa shape index (κ1) is 27.6. The van der Waals surface area contributed by atoms with Crippen molar-refractivity contribution in [1.82, 2.24) is 9.80 Å². The van der Waals surface area contributed by atoms with Crippen molar-refractivity contribution in [2.75, 3.05) is 51.7 Å². The van der Waals surface area contributed by atoms with Crippen LogP contribution in [0.15, 0.2) is 18.2 Å². The van der Waals surface area contributed by atoms with Crippen LogP contribution in [0.2, 0.25) is 10.0 Å². The SMILES string of the molecule is CN(C)C1(C(N)=O)CCC(CCN2CCN(c3cccc(Cl)c3Cl)CC2)CC1.Cl.Cl. The van der Waals surface area contributed by atoms with E-state index >= 15 is 0 Å². The van der Waals surface area contributed by atoms with Crippen molar-refractivity contribution in [2.45, 2.75) is 37.6 Å². The number of benzene rings is 1. The summed E-state index contributed by atoms with van der Waals surface area (Å²) in [5.74, 6) is 0.513. The Balaban J connectivity index is 0.00000225. The molecule has 1 amide bonds. The maximum absolute atomic E-state index is 12.0. The van der Waals surface area contributed by atoms with Gasteiger partial charge in [0.25, 0.3) is 0 Å². The van der Waals surface area contributed by atoms with Crippen LogP contribution in [0.5, 0.6) is 0 Å². The Bertz CT molecular complexity index is 688. The van der Waals surface area contributed by atoms with E-state index in [0.717, 1.165) is 64.1 Å². The lowest BCUT2D eigenvalue weighted by atomic mass is 9.74. The molecule has 9 heteroatoms. The van der Waals surface area contributed by atoms with E-state index in [1.807, 2.05) is 37.2 Å². The van der Waals surface area contributed by atoms with Crippen molar-refractivity contribution < 1.29 is 4.79 Å². The van der Waals surface area contributed by atoms with Gasteiger partial charge < -0.3 is 10.6 Å². The molecule has 1 aliphatic carbocycles. The molecule has 0 spiro atoms. The normalized spacial score (nSPS) is 24.8. The molecule has 0 aromatic heterocycles. The van der Waals surface area contributed by atoms with E-state index in [9.17, 15) is 4.79 Å². The predicted octanol–water partition coefficient (Wildman–Crippen LogP) is 4.33. The third-order valence-electron chi connectivity index (χ3n) is 6.74. The number of nitrogens with zero attached hydrogens (tertiary/aromatic N) is 3. The Morgan fingerprint density at radius 2 is 1.73 bits per heavy atom.